The van der Waals surface area contributed by atoms with Gasteiger partial charge in [-0.25, -0.2) is 9.59 Å². The van der Waals surface area contributed by atoms with Crippen molar-refractivity contribution in [1.82, 2.24) is 0 Å². The second-order valence-electron chi connectivity index (χ2n) is 2.33. The van der Waals surface area contributed by atoms with Crippen LogP contribution in [-0.2, 0) is 19.4 Å². The highest BCUT2D eigenvalue weighted by molar-refractivity contribution is 5.90. The fourth-order valence-corrected chi connectivity index (χ4v) is 0.540. The molecule has 14 heavy (non-hydrogen) atoms. The van der Waals surface area contributed by atoms with Gasteiger partial charge in [-0.2, -0.15) is 4.89 Å². The molecule has 0 aromatic rings. The summed E-state index contributed by atoms with van der Waals surface area (Å²) in [5.41, 5.74) is 0. The summed E-state index contributed by atoms with van der Waals surface area (Å²) in [7, 11) is 0. The Balaban J connectivity index is 3.40. The van der Waals surface area contributed by atoms with Gasteiger partial charge in [-0.1, -0.05) is 0 Å². The average molecular weight is 204 g/mol. The van der Waals surface area contributed by atoms with Gasteiger partial charge in [0.1, 0.15) is 0 Å². The van der Waals surface area contributed by atoms with Crippen LogP contribution in [0.3, 0.4) is 0 Å². The molecule has 0 rings (SSSR count). The Kier molecular flexibility index (Phi) is 7.39. The predicted molar refractivity (Wildman–Crippen MR) is 45.1 cm³/mol. The van der Waals surface area contributed by atoms with Crippen LogP contribution in [0.25, 0.3) is 0 Å². The molecular formula is C8H12O6. The first-order chi connectivity index (χ1) is 6.66. The molecule has 0 atom stereocenters. The molecule has 0 aliphatic heterocycles. The quantitative estimate of drug-likeness (QED) is 0.260. The lowest BCUT2D eigenvalue weighted by Crippen LogP contribution is -2.04. The molecule has 6 heteroatoms. The van der Waals surface area contributed by atoms with Crippen molar-refractivity contribution >= 4 is 11.9 Å². The number of carbonyl (C=O) groups excluding carboxylic acids is 1. The van der Waals surface area contributed by atoms with Crippen molar-refractivity contribution in [2.45, 2.75) is 12.8 Å². The van der Waals surface area contributed by atoms with E-state index in [4.69, 9.17) is 10.2 Å². The zero-order valence-corrected chi connectivity index (χ0v) is 7.51. The standard InChI is InChI=1S/C8H12O6/c9-5-1-2-6-13-14-8(12)4-3-7(10)11/h3-4,9H,1-2,5-6H2,(H,10,11)/b4-3-. The van der Waals surface area contributed by atoms with Gasteiger partial charge in [-0.3, -0.25) is 4.89 Å². The topological polar surface area (TPSA) is 93.1 Å². The Morgan fingerprint density at radius 1 is 1.21 bits per heavy atom. The zero-order valence-electron chi connectivity index (χ0n) is 7.51. The molecule has 0 spiro atoms. The summed E-state index contributed by atoms with van der Waals surface area (Å²) in [6.07, 6.45) is 2.52. The summed E-state index contributed by atoms with van der Waals surface area (Å²) < 4.78 is 0. The second-order valence-corrected chi connectivity index (χ2v) is 2.33. The molecule has 80 valence electrons. The number of aliphatic carboxylic acids is 1. The summed E-state index contributed by atoms with van der Waals surface area (Å²) in [5.74, 6) is -2.11. The van der Waals surface area contributed by atoms with Crippen molar-refractivity contribution in [2.24, 2.45) is 0 Å². The van der Waals surface area contributed by atoms with Crippen LogP contribution in [0.15, 0.2) is 12.2 Å². The molecule has 6 nitrogen and oxygen atoms in total. The Morgan fingerprint density at radius 2 is 1.93 bits per heavy atom. The van der Waals surface area contributed by atoms with Crippen LogP contribution in [0.2, 0.25) is 0 Å². The van der Waals surface area contributed by atoms with Gasteiger partial charge in [-0.15, -0.1) is 0 Å². The number of carboxylic acid groups (broad SMARTS) is 1. The summed E-state index contributed by atoms with van der Waals surface area (Å²) >= 11 is 0. The third-order valence-electron chi connectivity index (χ3n) is 1.14. The SMILES string of the molecule is O=C(O)/C=C\C(=O)OOCCCCO. The summed E-state index contributed by atoms with van der Waals surface area (Å²) in [6, 6.07) is 0. The van der Waals surface area contributed by atoms with E-state index in [1.807, 2.05) is 0 Å². The maximum absolute atomic E-state index is 10.6. The Morgan fingerprint density at radius 3 is 2.50 bits per heavy atom. The fourth-order valence-electron chi connectivity index (χ4n) is 0.540. The molecule has 0 aliphatic carbocycles. The van der Waals surface area contributed by atoms with Crippen LogP contribution in [-0.4, -0.2) is 35.4 Å². The van der Waals surface area contributed by atoms with Crippen LogP contribution in [0.4, 0.5) is 0 Å². The highest BCUT2D eigenvalue weighted by atomic mass is 17.2. The monoisotopic (exact) mass is 204 g/mol. The van der Waals surface area contributed by atoms with Gasteiger partial charge in [0.2, 0.25) is 0 Å². The molecule has 0 amide bonds. The minimum absolute atomic E-state index is 0.0518. The van der Waals surface area contributed by atoms with E-state index in [1.54, 1.807) is 0 Å². The van der Waals surface area contributed by atoms with Gasteiger partial charge in [0.25, 0.3) is 0 Å². The molecular weight excluding hydrogens is 192 g/mol. The molecule has 0 heterocycles. The highest BCUT2D eigenvalue weighted by Crippen LogP contribution is 1.90. The average Bonchev–Trinajstić information content (AvgIpc) is 2.14. The molecule has 0 radical (unpaired) electrons. The van der Waals surface area contributed by atoms with E-state index in [2.05, 4.69) is 9.78 Å². The molecule has 0 aromatic carbocycles. The minimum Gasteiger partial charge on any atom is -0.478 e. The minimum atomic E-state index is -1.23. The molecule has 0 fully saturated rings. The fraction of sp³-hybridized carbons (Fsp3) is 0.500. The molecule has 0 saturated carbocycles. The molecule has 0 saturated heterocycles. The number of carbonyl (C=O) groups is 2. The van der Waals surface area contributed by atoms with Crippen molar-refractivity contribution in [3.63, 3.8) is 0 Å². The van der Waals surface area contributed by atoms with Crippen LogP contribution in [0.5, 0.6) is 0 Å². The maximum Gasteiger partial charge on any atom is 0.366 e. The predicted octanol–water partition coefficient (Wildman–Crippen LogP) is -0.126. The van der Waals surface area contributed by atoms with E-state index >= 15 is 0 Å². The van der Waals surface area contributed by atoms with Crippen molar-refractivity contribution in [1.29, 1.82) is 0 Å². The maximum atomic E-state index is 10.6. The van der Waals surface area contributed by atoms with Crippen LogP contribution in [0, 0.1) is 0 Å². The third kappa shape index (κ3) is 8.69. The van der Waals surface area contributed by atoms with Crippen molar-refractivity contribution in [3.8, 4) is 0 Å². The van der Waals surface area contributed by atoms with E-state index in [0.29, 0.717) is 18.9 Å². The van der Waals surface area contributed by atoms with Gasteiger partial charge in [-0.05, 0) is 12.8 Å². The highest BCUT2D eigenvalue weighted by Gasteiger charge is 1.98. The Labute approximate surface area is 80.7 Å². The third-order valence-corrected chi connectivity index (χ3v) is 1.14. The first-order valence-corrected chi connectivity index (χ1v) is 4.02. The number of aliphatic hydroxyl groups is 1. The lowest BCUT2D eigenvalue weighted by Gasteiger charge is -1.99. The van der Waals surface area contributed by atoms with Crippen molar-refractivity contribution in [2.75, 3.05) is 13.2 Å². The lowest BCUT2D eigenvalue weighted by atomic mass is 10.3. The van der Waals surface area contributed by atoms with Crippen LogP contribution < -0.4 is 0 Å². The Bertz CT molecular complexity index is 210. The van der Waals surface area contributed by atoms with Gasteiger partial charge in [0.15, 0.2) is 0 Å². The first kappa shape index (κ1) is 12.6. The molecule has 0 aromatic heterocycles. The van der Waals surface area contributed by atoms with E-state index in [-0.39, 0.29) is 13.2 Å². The number of carboxylic acids is 1. The summed E-state index contributed by atoms with van der Waals surface area (Å²) in [6.45, 7) is 0.226. The van der Waals surface area contributed by atoms with E-state index in [0.717, 1.165) is 6.08 Å². The van der Waals surface area contributed by atoms with Crippen LogP contribution >= 0.6 is 0 Å². The normalized spacial score (nSPS) is 10.4. The van der Waals surface area contributed by atoms with Gasteiger partial charge < -0.3 is 10.2 Å². The van der Waals surface area contributed by atoms with Gasteiger partial charge in [0, 0.05) is 18.8 Å². The number of rotatable bonds is 7. The Hall–Kier alpha value is -1.40. The number of hydrogen-bond acceptors (Lipinski definition) is 5. The molecule has 0 aliphatic rings. The van der Waals surface area contributed by atoms with E-state index in [9.17, 15) is 9.59 Å². The number of hydrogen-bond donors (Lipinski definition) is 2. The zero-order chi connectivity index (χ0) is 10.8. The number of aliphatic hydroxyl groups excluding tert-OH is 1. The lowest BCUT2D eigenvalue weighted by molar-refractivity contribution is -0.267. The first-order valence-electron chi connectivity index (χ1n) is 4.02. The summed E-state index contributed by atoms with van der Waals surface area (Å²) in [4.78, 5) is 29.2. The molecule has 0 bridgehead atoms. The van der Waals surface area contributed by atoms with Gasteiger partial charge in [0.05, 0.1) is 6.61 Å². The van der Waals surface area contributed by atoms with E-state index < -0.39 is 11.9 Å². The van der Waals surface area contributed by atoms with Crippen LogP contribution in [0.1, 0.15) is 12.8 Å². The second kappa shape index (κ2) is 8.21. The van der Waals surface area contributed by atoms with Gasteiger partial charge >= 0.3 is 11.9 Å². The molecule has 0 unspecified atom stereocenters. The smallest absolute Gasteiger partial charge is 0.366 e. The number of unbranched alkanes of at least 4 members (excludes halogenated alkanes) is 1. The molecule has 2 N–H and O–H groups in total. The largest absolute Gasteiger partial charge is 0.478 e. The van der Waals surface area contributed by atoms with E-state index in [1.165, 1.54) is 0 Å². The summed E-state index contributed by atoms with van der Waals surface area (Å²) in [5, 5.41) is 16.5. The van der Waals surface area contributed by atoms with Crippen molar-refractivity contribution in [3.05, 3.63) is 12.2 Å². The van der Waals surface area contributed by atoms with Crippen molar-refractivity contribution < 1.29 is 29.6 Å².